The van der Waals surface area contributed by atoms with Crippen LogP contribution in [0.2, 0.25) is 0 Å². The summed E-state index contributed by atoms with van der Waals surface area (Å²) in [6.07, 6.45) is -0.503. The average Bonchev–Trinajstić information content (AvgIpc) is 2.88. The quantitative estimate of drug-likeness (QED) is 0.295. The number of carbonyl (C=O) groups is 1. The Balaban J connectivity index is 1.59. The topological polar surface area (TPSA) is 39.2 Å². The van der Waals surface area contributed by atoms with E-state index in [1.54, 1.807) is 0 Å². The molecule has 1 heterocycles. The Hall–Kier alpha value is -4.24. The van der Waals surface area contributed by atoms with Gasteiger partial charge >= 0.3 is 5.97 Å². The zero-order valence-corrected chi connectivity index (χ0v) is 17.4. The predicted octanol–water partition coefficient (Wildman–Crippen LogP) is 6.85. The number of pyridine rings is 1. The van der Waals surface area contributed by atoms with Crippen LogP contribution in [0.25, 0.3) is 22.2 Å². The van der Waals surface area contributed by atoms with Gasteiger partial charge in [0.2, 0.25) is 0 Å². The number of benzene rings is 4. The second-order valence-corrected chi connectivity index (χ2v) is 7.54. The lowest BCUT2D eigenvalue weighted by molar-refractivity contribution is 0.0380. The molecule has 154 valence electrons. The van der Waals surface area contributed by atoms with E-state index in [2.05, 4.69) is 0 Å². The minimum atomic E-state index is -0.503. The Bertz CT molecular complexity index is 1310. The molecule has 0 fully saturated rings. The number of rotatable bonds is 5. The largest absolute Gasteiger partial charge is 0.449 e. The summed E-state index contributed by atoms with van der Waals surface area (Å²) >= 11 is 0. The lowest BCUT2D eigenvalue weighted by atomic mass is 10.0. The standard InChI is InChI=1S/C29H21NO2/c31-29(32-28(22-14-6-2-7-15-22)23-16-8-3-9-17-23)25-20-27(21-12-4-1-5-13-21)30-26-19-11-10-18-24(25)26/h1-20,28H. The molecule has 4 aromatic carbocycles. The highest BCUT2D eigenvalue weighted by Crippen LogP contribution is 2.30. The van der Waals surface area contributed by atoms with Gasteiger partial charge in [0.25, 0.3) is 0 Å². The Labute approximate surface area is 187 Å². The number of para-hydroxylation sites is 1. The highest BCUT2D eigenvalue weighted by molar-refractivity contribution is 6.04. The van der Waals surface area contributed by atoms with E-state index in [-0.39, 0.29) is 5.97 Å². The summed E-state index contributed by atoms with van der Waals surface area (Å²) in [5.74, 6) is -0.376. The number of nitrogens with zero attached hydrogens (tertiary/aromatic N) is 1. The first kappa shape index (κ1) is 19.7. The first-order chi connectivity index (χ1) is 15.8. The fraction of sp³-hybridized carbons (Fsp3) is 0.0345. The summed E-state index contributed by atoms with van der Waals surface area (Å²) in [6, 6.07) is 39.0. The Morgan fingerprint density at radius 1 is 0.656 bits per heavy atom. The number of hydrogen-bond donors (Lipinski definition) is 0. The molecule has 0 radical (unpaired) electrons. The minimum Gasteiger partial charge on any atom is -0.449 e. The van der Waals surface area contributed by atoms with Crippen LogP contribution in [0, 0.1) is 0 Å². The number of carbonyl (C=O) groups excluding carboxylic acids is 1. The van der Waals surface area contributed by atoms with Gasteiger partial charge in [0.1, 0.15) is 0 Å². The highest BCUT2D eigenvalue weighted by Gasteiger charge is 2.22. The first-order valence-corrected chi connectivity index (χ1v) is 10.6. The lowest BCUT2D eigenvalue weighted by Gasteiger charge is -2.20. The van der Waals surface area contributed by atoms with Crippen molar-refractivity contribution in [2.24, 2.45) is 0 Å². The van der Waals surface area contributed by atoms with E-state index in [9.17, 15) is 4.79 Å². The molecule has 0 bridgehead atoms. The normalized spacial score (nSPS) is 10.9. The van der Waals surface area contributed by atoms with Crippen molar-refractivity contribution in [2.75, 3.05) is 0 Å². The van der Waals surface area contributed by atoms with Crippen molar-refractivity contribution in [3.05, 3.63) is 138 Å². The molecular weight excluding hydrogens is 394 g/mol. The molecule has 0 N–H and O–H groups in total. The molecule has 0 unspecified atom stereocenters. The zero-order chi connectivity index (χ0) is 21.8. The third-order valence-corrected chi connectivity index (χ3v) is 5.44. The van der Waals surface area contributed by atoms with Crippen LogP contribution < -0.4 is 0 Å². The molecule has 32 heavy (non-hydrogen) atoms. The van der Waals surface area contributed by atoms with Crippen molar-refractivity contribution in [1.82, 2.24) is 4.98 Å². The smallest absolute Gasteiger partial charge is 0.339 e. The molecule has 5 rings (SSSR count). The van der Waals surface area contributed by atoms with E-state index in [0.29, 0.717) is 5.56 Å². The van der Waals surface area contributed by atoms with E-state index in [0.717, 1.165) is 33.3 Å². The second kappa shape index (κ2) is 8.86. The molecule has 0 amide bonds. The van der Waals surface area contributed by atoms with E-state index in [1.165, 1.54) is 0 Å². The van der Waals surface area contributed by atoms with Crippen molar-refractivity contribution in [3.63, 3.8) is 0 Å². The Kier molecular flexibility index (Phi) is 5.46. The van der Waals surface area contributed by atoms with Crippen LogP contribution in [-0.4, -0.2) is 11.0 Å². The van der Waals surface area contributed by atoms with Gasteiger partial charge in [-0.25, -0.2) is 9.78 Å². The summed E-state index contributed by atoms with van der Waals surface area (Å²) < 4.78 is 6.14. The summed E-state index contributed by atoms with van der Waals surface area (Å²) in [5, 5.41) is 0.775. The second-order valence-electron chi connectivity index (χ2n) is 7.54. The highest BCUT2D eigenvalue weighted by atomic mass is 16.5. The van der Waals surface area contributed by atoms with Gasteiger partial charge in [-0.2, -0.15) is 0 Å². The zero-order valence-electron chi connectivity index (χ0n) is 17.4. The van der Waals surface area contributed by atoms with Crippen LogP contribution in [0.3, 0.4) is 0 Å². The van der Waals surface area contributed by atoms with Crippen molar-refractivity contribution in [1.29, 1.82) is 0 Å². The summed E-state index contributed by atoms with van der Waals surface area (Å²) in [6.45, 7) is 0. The van der Waals surface area contributed by atoms with Gasteiger partial charge < -0.3 is 4.74 Å². The molecule has 0 atom stereocenters. The molecule has 0 aliphatic heterocycles. The van der Waals surface area contributed by atoms with Crippen LogP contribution in [0.5, 0.6) is 0 Å². The average molecular weight is 415 g/mol. The van der Waals surface area contributed by atoms with Gasteiger partial charge in [0.05, 0.1) is 16.8 Å². The van der Waals surface area contributed by atoms with Crippen molar-refractivity contribution < 1.29 is 9.53 Å². The molecule has 0 aliphatic carbocycles. The molecule has 0 saturated heterocycles. The third-order valence-electron chi connectivity index (χ3n) is 5.44. The Morgan fingerprint density at radius 3 is 1.81 bits per heavy atom. The van der Waals surface area contributed by atoms with Gasteiger partial charge in [-0.05, 0) is 23.3 Å². The third kappa shape index (κ3) is 4.01. The predicted molar refractivity (Wildman–Crippen MR) is 127 cm³/mol. The van der Waals surface area contributed by atoms with Crippen LogP contribution in [-0.2, 0) is 4.74 Å². The first-order valence-electron chi connectivity index (χ1n) is 10.6. The summed E-state index contributed by atoms with van der Waals surface area (Å²) in [4.78, 5) is 18.3. The van der Waals surface area contributed by atoms with Crippen molar-refractivity contribution in [2.45, 2.75) is 6.10 Å². The van der Waals surface area contributed by atoms with Crippen molar-refractivity contribution >= 4 is 16.9 Å². The number of ether oxygens (including phenoxy) is 1. The van der Waals surface area contributed by atoms with Crippen LogP contribution >= 0.6 is 0 Å². The van der Waals surface area contributed by atoms with E-state index in [1.807, 2.05) is 121 Å². The molecule has 0 spiro atoms. The van der Waals surface area contributed by atoms with Gasteiger partial charge in [0, 0.05) is 10.9 Å². The van der Waals surface area contributed by atoms with E-state index in [4.69, 9.17) is 9.72 Å². The molecule has 0 saturated carbocycles. The van der Waals surface area contributed by atoms with Gasteiger partial charge in [-0.1, -0.05) is 109 Å². The molecule has 3 heteroatoms. The van der Waals surface area contributed by atoms with Gasteiger partial charge in [0.15, 0.2) is 6.10 Å². The summed E-state index contributed by atoms with van der Waals surface area (Å²) in [5.41, 5.74) is 4.81. The van der Waals surface area contributed by atoms with E-state index >= 15 is 0 Å². The fourth-order valence-corrected chi connectivity index (χ4v) is 3.86. The van der Waals surface area contributed by atoms with Crippen LogP contribution in [0.4, 0.5) is 0 Å². The summed E-state index contributed by atoms with van der Waals surface area (Å²) in [7, 11) is 0. The molecule has 3 nitrogen and oxygen atoms in total. The number of esters is 1. The van der Waals surface area contributed by atoms with Gasteiger partial charge in [-0.3, -0.25) is 0 Å². The number of hydrogen-bond acceptors (Lipinski definition) is 3. The molecule has 1 aromatic heterocycles. The molecule has 5 aromatic rings. The number of fused-ring (bicyclic) bond motifs is 1. The fourth-order valence-electron chi connectivity index (χ4n) is 3.86. The maximum absolute atomic E-state index is 13.5. The Morgan fingerprint density at radius 2 is 1.19 bits per heavy atom. The maximum atomic E-state index is 13.5. The van der Waals surface area contributed by atoms with Gasteiger partial charge in [-0.15, -0.1) is 0 Å². The SMILES string of the molecule is O=C(OC(c1ccccc1)c1ccccc1)c1cc(-c2ccccc2)nc2ccccc12. The van der Waals surface area contributed by atoms with Crippen LogP contribution in [0.15, 0.2) is 121 Å². The molecule has 0 aliphatic rings. The number of aromatic nitrogens is 1. The van der Waals surface area contributed by atoms with Crippen molar-refractivity contribution in [3.8, 4) is 11.3 Å². The minimum absolute atomic E-state index is 0.376. The maximum Gasteiger partial charge on any atom is 0.339 e. The lowest BCUT2D eigenvalue weighted by Crippen LogP contribution is -2.14. The monoisotopic (exact) mass is 415 g/mol. The van der Waals surface area contributed by atoms with Crippen LogP contribution in [0.1, 0.15) is 27.6 Å². The molecular formula is C29H21NO2. The van der Waals surface area contributed by atoms with E-state index < -0.39 is 6.10 Å².